The predicted octanol–water partition coefficient (Wildman–Crippen LogP) is 37.1. The quantitative estimate of drug-likeness (QED) is 0.103. The maximum atomic E-state index is 6.19. The van der Waals surface area contributed by atoms with E-state index in [1.54, 1.807) is 0 Å². The van der Waals surface area contributed by atoms with E-state index >= 15 is 0 Å². The van der Waals surface area contributed by atoms with Crippen LogP contribution in [-0.2, 0) is 5.41 Å². The van der Waals surface area contributed by atoms with Crippen molar-refractivity contribution in [3.05, 3.63) is 521 Å². The highest BCUT2D eigenvalue weighted by Crippen LogP contribution is 2.54. The van der Waals surface area contributed by atoms with E-state index in [2.05, 4.69) is 527 Å². The van der Waals surface area contributed by atoms with E-state index in [4.69, 9.17) is 8.83 Å². The molecule has 672 valence electrons. The van der Waals surface area contributed by atoms with E-state index in [1.807, 2.05) is 24.3 Å². The van der Waals surface area contributed by atoms with Gasteiger partial charge >= 0.3 is 0 Å². The number of fused-ring (bicyclic) bond motifs is 21. The SMILES string of the molecule is CC1(C)c2cc(-c3ccc4c(c3)c3ccccc3n4-c3ccccc3)ccc2-c2ccc(N(c3ccc(-c4ccc5oc6ccccc6c5c4)cc3)c3ccc(-n4c5ccccc5c5ccccc54)cc3)cc21.c1ccc(-n2c3ccccc3c3cc(-c4ccc(-c5ccc(N(c6ccc(-c7ccc8oc9ccccc9c8c7)cc6)c6ccc(-n7c8ccccc8c8ccccc87)cc6)cc5)cc4)ccc32)cc1. The van der Waals surface area contributed by atoms with Crippen LogP contribution in [0.4, 0.5) is 34.1 Å². The van der Waals surface area contributed by atoms with Gasteiger partial charge in [0.15, 0.2) is 0 Å². The Kier molecular flexibility index (Phi) is 19.2. The fourth-order valence-corrected chi connectivity index (χ4v) is 22.9. The third-order valence-electron chi connectivity index (χ3n) is 29.9. The molecule has 29 rings (SSSR count). The van der Waals surface area contributed by atoms with Gasteiger partial charge in [0, 0.05) is 127 Å². The third-order valence-corrected chi connectivity index (χ3v) is 29.9. The second kappa shape index (κ2) is 33.3. The average Bonchev–Trinajstić information content (AvgIpc) is 1.56. The number of para-hydroxylation sites is 10. The van der Waals surface area contributed by atoms with Crippen molar-refractivity contribution in [2.45, 2.75) is 19.3 Å². The van der Waals surface area contributed by atoms with Gasteiger partial charge < -0.3 is 36.9 Å². The molecular weight excluding hydrogens is 1740 g/mol. The number of rotatable bonds is 15. The number of aromatic nitrogens is 4. The molecule has 0 spiro atoms. The van der Waals surface area contributed by atoms with Gasteiger partial charge in [-0.2, -0.15) is 0 Å². The maximum Gasteiger partial charge on any atom is 0.135 e. The molecule has 1 aliphatic carbocycles. The summed E-state index contributed by atoms with van der Waals surface area (Å²) < 4.78 is 21.9. The van der Waals surface area contributed by atoms with Crippen molar-refractivity contribution in [3.8, 4) is 89.5 Å². The molecular formula is C135H90N6O2. The van der Waals surface area contributed by atoms with Crippen LogP contribution in [0.3, 0.4) is 0 Å². The molecule has 0 saturated carbocycles. The summed E-state index contributed by atoms with van der Waals surface area (Å²) in [5.41, 5.74) is 41.1. The molecule has 0 fully saturated rings. The second-order valence-corrected chi connectivity index (χ2v) is 38.2. The summed E-state index contributed by atoms with van der Waals surface area (Å²) in [6.07, 6.45) is 0. The van der Waals surface area contributed by atoms with E-state index < -0.39 is 0 Å². The number of furan rings is 2. The fraction of sp³-hybridized carbons (Fsp3) is 0.0222. The van der Waals surface area contributed by atoms with Crippen molar-refractivity contribution in [2.24, 2.45) is 0 Å². The summed E-state index contributed by atoms with van der Waals surface area (Å²) in [7, 11) is 0. The summed E-state index contributed by atoms with van der Waals surface area (Å²) in [4.78, 5) is 4.77. The summed E-state index contributed by atoms with van der Waals surface area (Å²) in [6, 6.07) is 185. The van der Waals surface area contributed by atoms with Crippen LogP contribution in [0.5, 0.6) is 0 Å². The Hall–Kier alpha value is -18.8. The molecule has 0 bridgehead atoms. The molecule has 143 heavy (non-hydrogen) atoms. The van der Waals surface area contributed by atoms with Crippen molar-refractivity contribution in [3.63, 3.8) is 0 Å². The summed E-state index contributed by atoms with van der Waals surface area (Å²) in [5, 5.41) is 14.6. The smallest absolute Gasteiger partial charge is 0.135 e. The molecule has 6 heterocycles. The van der Waals surface area contributed by atoms with Crippen molar-refractivity contribution in [1.29, 1.82) is 0 Å². The lowest BCUT2D eigenvalue weighted by Crippen LogP contribution is -2.16. The minimum Gasteiger partial charge on any atom is -0.456 e. The van der Waals surface area contributed by atoms with Gasteiger partial charge in [-0.15, -0.1) is 0 Å². The molecule has 1 aliphatic rings. The molecule has 0 saturated heterocycles. The summed E-state index contributed by atoms with van der Waals surface area (Å²) >= 11 is 0. The molecule has 0 aliphatic heterocycles. The topological polar surface area (TPSA) is 52.5 Å². The van der Waals surface area contributed by atoms with Crippen LogP contribution < -0.4 is 9.80 Å². The highest BCUT2D eigenvalue weighted by Gasteiger charge is 2.37. The van der Waals surface area contributed by atoms with Crippen molar-refractivity contribution >= 4 is 165 Å². The van der Waals surface area contributed by atoms with Crippen molar-refractivity contribution < 1.29 is 8.83 Å². The van der Waals surface area contributed by atoms with Crippen LogP contribution in [0.2, 0.25) is 0 Å². The van der Waals surface area contributed by atoms with Gasteiger partial charge in [0.1, 0.15) is 22.3 Å². The Morgan fingerprint density at radius 1 is 0.161 bits per heavy atom. The molecule has 22 aromatic carbocycles. The number of hydrogen-bond donors (Lipinski definition) is 0. The molecule has 0 N–H and O–H groups in total. The zero-order chi connectivity index (χ0) is 94.5. The molecule has 8 nitrogen and oxygen atoms in total. The van der Waals surface area contributed by atoms with Crippen molar-refractivity contribution in [2.75, 3.05) is 9.80 Å². The normalized spacial score (nSPS) is 12.3. The standard InChI is InChI=1S/C69H47N3O.C66H43N3O/c1-69(2)61-42-47(46-27-38-66-59(40-46)57-18-8-12-22-65(57)71(66)48-14-4-3-5-15-48)26-36-53(61)54-37-35-52(43-62(54)69)70(49-29-24-44(25-30-49)45-28-39-68-60(41-45)58-19-9-13-23-67(58)73-68)50-31-33-51(34-32-50)72-63-20-10-6-16-55(63)56-17-7-11-21-64(56)72;1-2-12-50(13-3-1)68-63-20-10-6-16-57(63)59-42-48(30-40-64(59)68)46-24-22-44(23-25-46)45-26-32-51(33-27-45)67(52-34-28-47(29-35-52)49-31-41-66-60(43-49)58-17-7-11-21-65(58)70-66)53-36-38-54(39-37-53)69-61-18-8-4-14-55(61)56-15-5-9-19-62(56)69/h3-43H,1-2H3;1-43H. The first-order valence-corrected chi connectivity index (χ1v) is 49.1. The van der Waals surface area contributed by atoms with Gasteiger partial charge in [-0.1, -0.05) is 299 Å². The van der Waals surface area contributed by atoms with Crippen LogP contribution >= 0.6 is 0 Å². The lowest BCUT2D eigenvalue weighted by Gasteiger charge is -2.28. The molecule has 8 heteroatoms. The summed E-state index contributed by atoms with van der Waals surface area (Å²) in [6.45, 7) is 4.78. The lowest BCUT2D eigenvalue weighted by molar-refractivity contribution is 0.660. The number of hydrogen-bond acceptors (Lipinski definition) is 4. The Balaban J connectivity index is 0.000000140. The summed E-state index contributed by atoms with van der Waals surface area (Å²) in [5.74, 6) is 0. The first-order chi connectivity index (χ1) is 70.6. The first kappa shape index (κ1) is 82.5. The zero-order valence-electron chi connectivity index (χ0n) is 78.5. The van der Waals surface area contributed by atoms with E-state index in [-0.39, 0.29) is 5.41 Å². The van der Waals surface area contributed by atoms with Gasteiger partial charge in [0.25, 0.3) is 0 Å². The van der Waals surface area contributed by atoms with Crippen LogP contribution in [0.1, 0.15) is 25.0 Å². The van der Waals surface area contributed by atoms with E-state index in [9.17, 15) is 0 Å². The molecule has 28 aromatic rings. The van der Waals surface area contributed by atoms with E-state index in [1.165, 1.54) is 149 Å². The van der Waals surface area contributed by atoms with Gasteiger partial charge in [-0.3, -0.25) is 0 Å². The van der Waals surface area contributed by atoms with Gasteiger partial charge in [0.2, 0.25) is 0 Å². The van der Waals surface area contributed by atoms with Gasteiger partial charge in [-0.25, -0.2) is 0 Å². The highest BCUT2D eigenvalue weighted by molar-refractivity contribution is 6.15. The fourth-order valence-electron chi connectivity index (χ4n) is 22.9. The minimum absolute atomic E-state index is 0.254. The van der Waals surface area contributed by atoms with E-state index in [0.29, 0.717) is 0 Å². The first-order valence-electron chi connectivity index (χ1n) is 49.1. The Morgan fingerprint density at radius 2 is 0.385 bits per heavy atom. The predicted molar refractivity (Wildman–Crippen MR) is 599 cm³/mol. The van der Waals surface area contributed by atoms with Gasteiger partial charge in [-0.05, 0) is 302 Å². The Bertz CT molecular complexity index is 9800. The Labute approximate surface area is 825 Å². The van der Waals surface area contributed by atoms with Crippen LogP contribution in [0.15, 0.2) is 518 Å². The van der Waals surface area contributed by atoms with Crippen LogP contribution in [0, 0.1) is 0 Å². The second-order valence-electron chi connectivity index (χ2n) is 38.2. The van der Waals surface area contributed by atoms with Crippen LogP contribution in [-0.4, -0.2) is 18.3 Å². The average molecular weight is 1830 g/mol. The maximum absolute atomic E-state index is 6.19. The number of anilines is 6. The molecule has 6 aromatic heterocycles. The number of nitrogens with zero attached hydrogens (tertiary/aromatic N) is 6. The van der Waals surface area contributed by atoms with E-state index in [0.717, 1.165) is 117 Å². The van der Waals surface area contributed by atoms with Gasteiger partial charge in [0.05, 0.1) is 44.1 Å². The molecule has 0 amide bonds. The Morgan fingerprint density at radius 3 is 0.755 bits per heavy atom. The highest BCUT2D eigenvalue weighted by atomic mass is 16.3. The van der Waals surface area contributed by atoms with Crippen LogP contribution in [0.25, 0.3) is 221 Å². The molecule has 0 unspecified atom stereocenters. The van der Waals surface area contributed by atoms with Crippen molar-refractivity contribution in [1.82, 2.24) is 18.3 Å². The minimum atomic E-state index is -0.254. The lowest BCUT2D eigenvalue weighted by atomic mass is 9.81. The monoisotopic (exact) mass is 1830 g/mol. The largest absolute Gasteiger partial charge is 0.456 e. The molecule has 0 atom stereocenters. The number of benzene rings is 22. The molecule has 0 radical (unpaired) electrons. The third kappa shape index (κ3) is 13.7. The zero-order valence-corrected chi connectivity index (χ0v) is 78.5.